The molecule has 1 unspecified atom stereocenters. The van der Waals surface area contributed by atoms with E-state index in [9.17, 15) is 0 Å². The summed E-state index contributed by atoms with van der Waals surface area (Å²) in [6, 6.07) is 14.0. The number of hydrogen-bond donors (Lipinski definition) is 0. The minimum Gasteiger partial charge on any atom is -0.253 e. The van der Waals surface area contributed by atoms with Gasteiger partial charge in [-0.05, 0) is 60.6 Å². The third-order valence-electron chi connectivity index (χ3n) is 5.14. The summed E-state index contributed by atoms with van der Waals surface area (Å²) >= 11 is 12.9. The van der Waals surface area contributed by atoms with Crippen molar-refractivity contribution >= 4 is 34.1 Å². The zero-order chi connectivity index (χ0) is 16.7. The van der Waals surface area contributed by atoms with E-state index in [2.05, 4.69) is 13.0 Å². The summed E-state index contributed by atoms with van der Waals surface area (Å²) < 4.78 is 0. The van der Waals surface area contributed by atoms with Gasteiger partial charge in [0.15, 0.2) is 0 Å². The zero-order valence-corrected chi connectivity index (χ0v) is 15.2. The van der Waals surface area contributed by atoms with Crippen LogP contribution in [0.25, 0.3) is 22.0 Å². The Morgan fingerprint density at radius 2 is 1.96 bits per heavy atom. The lowest BCUT2D eigenvalue weighted by molar-refractivity contribution is 0.441. The van der Waals surface area contributed by atoms with Crippen molar-refractivity contribution in [2.45, 2.75) is 32.6 Å². The van der Waals surface area contributed by atoms with Crippen LogP contribution in [-0.2, 0) is 12.8 Å². The first-order valence-electron chi connectivity index (χ1n) is 8.53. The number of aryl methyl sites for hydroxylation is 1. The first-order valence-corrected chi connectivity index (χ1v) is 9.29. The Morgan fingerprint density at radius 1 is 1.12 bits per heavy atom. The van der Waals surface area contributed by atoms with Crippen molar-refractivity contribution in [3.05, 3.63) is 63.8 Å². The van der Waals surface area contributed by atoms with Crippen molar-refractivity contribution < 1.29 is 0 Å². The fraction of sp³-hybridized carbons (Fsp3) is 0.286. The number of pyridine rings is 1. The molecule has 0 N–H and O–H groups in total. The second-order valence-corrected chi connectivity index (χ2v) is 7.41. The van der Waals surface area contributed by atoms with Crippen LogP contribution in [0.2, 0.25) is 10.0 Å². The van der Waals surface area contributed by atoms with E-state index in [1.54, 1.807) is 0 Å². The number of nitrogens with zero attached hydrogens (tertiary/aromatic N) is 1. The van der Waals surface area contributed by atoms with Gasteiger partial charge in [0.2, 0.25) is 0 Å². The Labute approximate surface area is 152 Å². The lowest BCUT2D eigenvalue weighted by Crippen LogP contribution is -2.16. The minimum absolute atomic E-state index is 0.720. The number of benzene rings is 2. The molecule has 3 heteroatoms. The first-order chi connectivity index (χ1) is 11.7. The number of halogens is 2. The predicted molar refractivity (Wildman–Crippen MR) is 103 cm³/mol. The maximum absolute atomic E-state index is 6.56. The van der Waals surface area contributed by atoms with Crippen molar-refractivity contribution in [2.75, 3.05) is 0 Å². The van der Waals surface area contributed by atoms with Gasteiger partial charge in [-0.2, -0.15) is 0 Å². The summed E-state index contributed by atoms with van der Waals surface area (Å²) in [7, 11) is 0. The third kappa shape index (κ3) is 2.70. The van der Waals surface area contributed by atoms with E-state index in [0.29, 0.717) is 0 Å². The number of fused-ring (bicyclic) bond motifs is 2. The molecule has 1 aliphatic rings. The van der Waals surface area contributed by atoms with Gasteiger partial charge >= 0.3 is 0 Å². The van der Waals surface area contributed by atoms with Crippen molar-refractivity contribution in [3.63, 3.8) is 0 Å². The normalized spacial score (nSPS) is 17.0. The van der Waals surface area contributed by atoms with Crippen molar-refractivity contribution in [2.24, 2.45) is 5.92 Å². The van der Waals surface area contributed by atoms with Gasteiger partial charge in [0.1, 0.15) is 0 Å². The number of hydrogen-bond acceptors (Lipinski definition) is 1. The van der Waals surface area contributed by atoms with Crippen molar-refractivity contribution in [1.82, 2.24) is 4.98 Å². The van der Waals surface area contributed by atoms with Gasteiger partial charge in [0.25, 0.3) is 0 Å². The molecule has 0 radical (unpaired) electrons. The fourth-order valence-electron chi connectivity index (χ4n) is 3.80. The van der Waals surface area contributed by atoms with Crippen LogP contribution < -0.4 is 0 Å². The van der Waals surface area contributed by atoms with Crippen molar-refractivity contribution in [3.8, 4) is 11.1 Å². The molecule has 2 aromatic carbocycles. The van der Waals surface area contributed by atoms with E-state index in [-0.39, 0.29) is 0 Å². The summed E-state index contributed by atoms with van der Waals surface area (Å²) in [4.78, 5) is 4.94. The van der Waals surface area contributed by atoms with E-state index >= 15 is 0 Å². The molecule has 0 amide bonds. The molecular formula is C21H19Cl2N. The standard InChI is InChI=1S/C21H19Cl2N/c1-2-13-7-9-19-16(11-13)21(15-5-3-4-6-18(15)23)17-12-14(22)8-10-20(17)24-19/h3-6,8,10,12-13H,2,7,9,11H2,1H3. The monoisotopic (exact) mass is 355 g/mol. The molecule has 3 aromatic rings. The average Bonchev–Trinajstić information content (AvgIpc) is 2.60. The molecule has 1 heterocycles. The quantitative estimate of drug-likeness (QED) is 0.496. The Bertz CT molecular complexity index is 917. The summed E-state index contributed by atoms with van der Waals surface area (Å²) in [5, 5.41) is 2.62. The Balaban J connectivity index is 2.07. The predicted octanol–water partition coefficient (Wildman–Crippen LogP) is 6.72. The van der Waals surface area contributed by atoms with E-state index in [1.165, 1.54) is 29.7 Å². The average molecular weight is 356 g/mol. The molecule has 122 valence electrons. The molecule has 1 aromatic heterocycles. The smallest absolute Gasteiger partial charge is 0.0712 e. The van der Waals surface area contributed by atoms with Crippen LogP contribution >= 0.6 is 23.2 Å². The van der Waals surface area contributed by atoms with E-state index in [0.717, 1.165) is 45.3 Å². The topological polar surface area (TPSA) is 12.9 Å². The van der Waals surface area contributed by atoms with Crippen LogP contribution in [0.15, 0.2) is 42.5 Å². The lowest BCUT2D eigenvalue weighted by Gasteiger charge is -2.27. The largest absolute Gasteiger partial charge is 0.253 e. The van der Waals surface area contributed by atoms with Crippen LogP contribution in [-0.4, -0.2) is 4.98 Å². The molecule has 0 fully saturated rings. The fourth-order valence-corrected chi connectivity index (χ4v) is 4.21. The SMILES string of the molecule is CCC1CCc2nc3ccc(Cl)cc3c(-c3ccccc3Cl)c2C1. The summed E-state index contributed by atoms with van der Waals surface area (Å²) in [6.07, 6.45) is 4.54. The molecule has 1 nitrogen and oxygen atoms in total. The zero-order valence-electron chi connectivity index (χ0n) is 13.7. The number of rotatable bonds is 2. The van der Waals surface area contributed by atoms with Crippen LogP contribution in [0.3, 0.4) is 0 Å². The van der Waals surface area contributed by atoms with Gasteiger partial charge in [-0.25, -0.2) is 0 Å². The van der Waals surface area contributed by atoms with Crippen LogP contribution in [0.5, 0.6) is 0 Å². The Hall–Kier alpha value is -1.57. The maximum atomic E-state index is 6.56. The molecule has 1 atom stereocenters. The van der Waals surface area contributed by atoms with Gasteiger partial charge in [-0.1, -0.05) is 54.7 Å². The summed E-state index contributed by atoms with van der Waals surface area (Å²) in [5.74, 6) is 0.720. The molecule has 0 bridgehead atoms. The molecule has 1 aliphatic carbocycles. The second-order valence-electron chi connectivity index (χ2n) is 6.57. The van der Waals surface area contributed by atoms with Gasteiger partial charge in [0.05, 0.1) is 5.52 Å². The first kappa shape index (κ1) is 15.9. The van der Waals surface area contributed by atoms with E-state index in [4.69, 9.17) is 28.2 Å². The molecule has 4 rings (SSSR count). The summed E-state index contributed by atoms with van der Waals surface area (Å²) in [6.45, 7) is 2.27. The highest BCUT2D eigenvalue weighted by Crippen LogP contribution is 2.41. The van der Waals surface area contributed by atoms with Crippen LogP contribution in [0.1, 0.15) is 31.0 Å². The lowest BCUT2D eigenvalue weighted by atomic mass is 9.80. The Morgan fingerprint density at radius 3 is 2.75 bits per heavy atom. The van der Waals surface area contributed by atoms with Crippen molar-refractivity contribution in [1.29, 1.82) is 0 Å². The molecular weight excluding hydrogens is 337 g/mol. The van der Waals surface area contributed by atoms with Gasteiger partial charge < -0.3 is 0 Å². The molecule has 0 spiro atoms. The van der Waals surface area contributed by atoms with Crippen LogP contribution in [0, 0.1) is 5.92 Å². The molecule has 24 heavy (non-hydrogen) atoms. The minimum atomic E-state index is 0.720. The molecule has 0 saturated carbocycles. The maximum Gasteiger partial charge on any atom is 0.0712 e. The Kier molecular flexibility index (Phi) is 4.24. The van der Waals surface area contributed by atoms with E-state index < -0.39 is 0 Å². The van der Waals surface area contributed by atoms with Gasteiger partial charge in [-0.3, -0.25) is 4.98 Å². The summed E-state index contributed by atoms with van der Waals surface area (Å²) in [5.41, 5.74) is 5.89. The third-order valence-corrected chi connectivity index (χ3v) is 5.70. The highest BCUT2D eigenvalue weighted by atomic mass is 35.5. The van der Waals surface area contributed by atoms with Gasteiger partial charge in [0, 0.05) is 26.7 Å². The molecule has 0 aliphatic heterocycles. The number of aromatic nitrogens is 1. The molecule has 0 saturated heterocycles. The highest BCUT2D eigenvalue weighted by Gasteiger charge is 2.24. The van der Waals surface area contributed by atoms with Crippen LogP contribution in [0.4, 0.5) is 0 Å². The van der Waals surface area contributed by atoms with Gasteiger partial charge in [-0.15, -0.1) is 0 Å². The van der Waals surface area contributed by atoms with E-state index in [1.807, 2.05) is 36.4 Å². The highest BCUT2D eigenvalue weighted by molar-refractivity contribution is 6.34. The second kappa shape index (κ2) is 6.38.